The lowest BCUT2D eigenvalue weighted by Gasteiger charge is -2.32. The minimum atomic E-state index is -3.08. The largest absolute Gasteiger partial charge is 0.431 e. The van der Waals surface area contributed by atoms with E-state index in [0.717, 1.165) is 41.9 Å². The van der Waals surface area contributed by atoms with Crippen molar-refractivity contribution in [1.29, 1.82) is 0 Å². The third-order valence-corrected chi connectivity index (χ3v) is 8.27. The van der Waals surface area contributed by atoms with E-state index in [2.05, 4.69) is 41.1 Å². The van der Waals surface area contributed by atoms with Crippen molar-refractivity contribution < 1.29 is 13.2 Å². The van der Waals surface area contributed by atoms with Gasteiger partial charge in [0.1, 0.15) is 5.75 Å². The van der Waals surface area contributed by atoms with Crippen LogP contribution in [-0.4, -0.2) is 60.6 Å². The topological polar surface area (TPSA) is 62.7 Å². The van der Waals surface area contributed by atoms with E-state index in [0.29, 0.717) is 17.8 Å². The second-order valence-corrected chi connectivity index (χ2v) is 11.2. The Hall–Kier alpha value is -2.00. The van der Waals surface area contributed by atoms with Crippen LogP contribution in [0.2, 0.25) is 0 Å². The van der Waals surface area contributed by atoms with Crippen molar-refractivity contribution >= 4 is 31.6 Å². The molecule has 0 amide bonds. The van der Waals surface area contributed by atoms with Crippen LogP contribution in [0.4, 0.5) is 0 Å². The van der Waals surface area contributed by atoms with Crippen molar-refractivity contribution in [2.24, 2.45) is 0 Å². The van der Waals surface area contributed by atoms with Crippen LogP contribution in [0.3, 0.4) is 0 Å². The van der Waals surface area contributed by atoms with E-state index < -0.39 is 10.0 Å². The van der Waals surface area contributed by atoms with Crippen molar-refractivity contribution in [3.05, 3.63) is 53.6 Å². The van der Waals surface area contributed by atoms with Crippen molar-refractivity contribution in [3.63, 3.8) is 0 Å². The molecule has 2 aromatic carbocycles. The molecule has 30 heavy (non-hydrogen) atoms. The summed E-state index contributed by atoms with van der Waals surface area (Å²) in [4.78, 5) is 6.98. The molecule has 2 bridgehead atoms. The predicted molar refractivity (Wildman–Crippen MR) is 120 cm³/mol. The molecule has 0 saturated carbocycles. The van der Waals surface area contributed by atoms with Crippen molar-refractivity contribution in [2.75, 3.05) is 25.9 Å². The molecule has 0 N–H and O–H groups in total. The number of piperazine rings is 1. The number of hydrogen-bond donors (Lipinski definition) is 0. The molecule has 0 aliphatic carbocycles. The summed E-state index contributed by atoms with van der Waals surface area (Å²) >= 11 is 1.56. The Labute approximate surface area is 181 Å². The predicted octanol–water partition coefficient (Wildman–Crippen LogP) is 3.66. The highest BCUT2D eigenvalue weighted by Crippen LogP contribution is 2.33. The molecule has 3 aromatic rings. The van der Waals surface area contributed by atoms with E-state index >= 15 is 0 Å². The van der Waals surface area contributed by atoms with Crippen LogP contribution in [0, 0.1) is 6.92 Å². The average molecular weight is 444 g/mol. The first kappa shape index (κ1) is 19.9. The third-order valence-electron chi connectivity index (χ3n) is 6.07. The first-order chi connectivity index (χ1) is 14.3. The lowest BCUT2D eigenvalue weighted by Crippen LogP contribution is -2.48. The van der Waals surface area contributed by atoms with Gasteiger partial charge >= 0.3 is 0 Å². The zero-order valence-electron chi connectivity index (χ0n) is 17.1. The van der Waals surface area contributed by atoms with Gasteiger partial charge in [0.25, 0.3) is 5.19 Å². The monoisotopic (exact) mass is 443 g/mol. The van der Waals surface area contributed by atoms with E-state index in [9.17, 15) is 8.42 Å². The maximum Gasteiger partial charge on any atom is 0.279 e. The molecule has 5 rings (SSSR count). The number of aryl methyl sites for hydroxylation is 1. The summed E-state index contributed by atoms with van der Waals surface area (Å²) in [7, 11) is -3.08. The number of nitrogens with zero attached hydrogens (tertiary/aromatic N) is 3. The van der Waals surface area contributed by atoms with Crippen LogP contribution in [0.5, 0.6) is 10.9 Å². The molecule has 1 aromatic heterocycles. The molecule has 2 atom stereocenters. The summed E-state index contributed by atoms with van der Waals surface area (Å²) in [6.07, 6.45) is 3.22. The van der Waals surface area contributed by atoms with Gasteiger partial charge < -0.3 is 4.74 Å². The van der Waals surface area contributed by atoms with Gasteiger partial charge in [0.2, 0.25) is 10.0 Å². The van der Waals surface area contributed by atoms with Crippen LogP contribution < -0.4 is 4.74 Å². The van der Waals surface area contributed by atoms with Gasteiger partial charge in [-0.1, -0.05) is 29.5 Å². The Kier molecular flexibility index (Phi) is 5.05. The fourth-order valence-electron chi connectivity index (χ4n) is 4.54. The first-order valence-corrected chi connectivity index (χ1v) is 12.9. The summed E-state index contributed by atoms with van der Waals surface area (Å²) in [5.74, 6) is 0.790. The molecule has 8 heteroatoms. The van der Waals surface area contributed by atoms with Gasteiger partial charge in [-0.3, -0.25) is 4.90 Å². The Morgan fingerprint density at radius 1 is 1.13 bits per heavy atom. The van der Waals surface area contributed by atoms with E-state index in [-0.39, 0.29) is 6.04 Å². The number of likely N-dealkylation sites (tertiary alicyclic amines) is 1. The summed E-state index contributed by atoms with van der Waals surface area (Å²) in [5.41, 5.74) is 3.44. The van der Waals surface area contributed by atoms with E-state index in [1.165, 1.54) is 17.4 Å². The standard InChI is InChI=1S/C22H25N3O3S2/c1-15-3-8-20-21(11-15)29-22(23-20)28-19-6-4-16(5-7-19)9-10-24-13-18-12-17(24)14-25(18)30(2,26)27/h3-8,11,17-18H,9-10,12-14H2,1-2H3. The van der Waals surface area contributed by atoms with Crippen LogP contribution in [-0.2, 0) is 16.4 Å². The highest BCUT2D eigenvalue weighted by Gasteiger charge is 2.46. The number of sulfonamides is 1. The van der Waals surface area contributed by atoms with Gasteiger partial charge in [-0.2, -0.15) is 4.31 Å². The maximum absolute atomic E-state index is 11.8. The Balaban J connectivity index is 1.17. The Morgan fingerprint density at radius 2 is 1.93 bits per heavy atom. The lowest BCUT2D eigenvalue weighted by atomic mass is 10.1. The molecule has 158 valence electrons. The van der Waals surface area contributed by atoms with Crippen molar-refractivity contribution in [3.8, 4) is 10.9 Å². The van der Waals surface area contributed by atoms with E-state index in [1.807, 2.05) is 18.2 Å². The molecular formula is C22H25N3O3S2. The highest BCUT2D eigenvalue weighted by molar-refractivity contribution is 7.88. The fraction of sp³-hybridized carbons (Fsp3) is 0.409. The van der Waals surface area contributed by atoms with Crippen LogP contribution in [0.25, 0.3) is 10.2 Å². The van der Waals surface area contributed by atoms with E-state index in [4.69, 9.17) is 4.74 Å². The molecule has 2 unspecified atom stereocenters. The molecule has 2 aliphatic heterocycles. The second kappa shape index (κ2) is 7.60. The van der Waals surface area contributed by atoms with Gasteiger partial charge in [0.15, 0.2) is 0 Å². The molecule has 0 spiro atoms. The zero-order valence-corrected chi connectivity index (χ0v) is 18.7. The first-order valence-electron chi connectivity index (χ1n) is 10.2. The summed E-state index contributed by atoms with van der Waals surface area (Å²) in [6, 6.07) is 14.9. The number of aromatic nitrogens is 1. The molecule has 2 fully saturated rings. The quantitative estimate of drug-likeness (QED) is 0.582. The minimum absolute atomic E-state index is 0.151. The van der Waals surface area contributed by atoms with Gasteiger partial charge in [0, 0.05) is 31.7 Å². The van der Waals surface area contributed by atoms with Gasteiger partial charge in [0.05, 0.1) is 16.5 Å². The summed E-state index contributed by atoms with van der Waals surface area (Å²) < 4.78 is 32.4. The SMILES string of the molecule is Cc1ccc2nc(Oc3ccc(CCN4CC5CC4CN5S(C)(=O)=O)cc3)sc2c1. The van der Waals surface area contributed by atoms with E-state index in [1.54, 1.807) is 15.6 Å². The van der Waals surface area contributed by atoms with Crippen molar-refractivity contribution in [2.45, 2.75) is 31.8 Å². The maximum atomic E-state index is 11.8. The third kappa shape index (κ3) is 3.97. The van der Waals surface area contributed by atoms with Gasteiger partial charge in [-0.25, -0.2) is 13.4 Å². The second-order valence-electron chi connectivity index (χ2n) is 8.32. The Bertz CT molecular complexity index is 1170. The van der Waals surface area contributed by atoms with Crippen LogP contribution in [0.15, 0.2) is 42.5 Å². The molecule has 2 saturated heterocycles. The smallest absolute Gasteiger partial charge is 0.279 e. The van der Waals surface area contributed by atoms with Crippen LogP contribution >= 0.6 is 11.3 Å². The minimum Gasteiger partial charge on any atom is -0.431 e. The zero-order chi connectivity index (χ0) is 20.9. The number of fused-ring (bicyclic) bond motifs is 3. The highest BCUT2D eigenvalue weighted by atomic mass is 32.2. The molecule has 2 aliphatic rings. The molecule has 3 heterocycles. The number of thiazole rings is 1. The van der Waals surface area contributed by atoms with Gasteiger partial charge in [-0.05, 0) is 55.2 Å². The molecule has 6 nitrogen and oxygen atoms in total. The molecular weight excluding hydrogens is 418 g/mol. The van der Waals surface area contributed by atoms with Crippen LogP contribution in [0.1, 0.15) is 17.5 Å². The number of rotatable bonds is 6. The normalized spacial score (nSPS) is 22.2. The number of hydrogen-bond acceptors (Lipinski definition) is 6. The average Bonchev–Trinajstić information content (AvgIpc) is 3.40. The fourth-order valence-corrected chi connectivity index (χ4v) is 6.62. The summed E-state index contributed by atoms with van der Waals surface area (Å²) in [5, 5.41) is 0.659. The number of benzene rings is 2. The summed E-state index contributed by atoms with van der Waals surface area (Å²) in [6.45, 7) is 4.51. The van der Waals surface area contributed by atoms with Gasteiger partial charge in [-0.15, -0.1) is 0 Å². The lowest BCUT2D eigenvalue weighted by molar-refractivity contribution is 0.184. The molecule has 0 radical (unpaired) electrons. The van der Waals surface area contributed by atoms with Crippen molar-refractivity contribution in [1.82, 2.24) is 14.2 Å². The number of ether oxygens (including phenoxy) is 1. The Morgan fingerprint density at radius 3 is 2.63 bits per heavy atom.